The van der Waals surface area contributed by atoms with E-state index in [1.54, 1.807) is 29.1 Å². The number of rotatable bonds is 2. The van der Waals surface area contributed by atoms with Crippen molar-refractivity contribution in [2.45, 2.75) is 6.92 Å². The van der Waals surface area contributed by atoms with Crippen LogP contribution in [0.3, 0.4) is 0 Å². The highest BCUT2D eigenvalue weighted by molar-refractivity contribution is 9.10. The van der Waals surface area contributed by atoms with Gasteiger partial charge in [0, 0.05) is 29.0 Å². The van der Waals surface area contributed by atoms with Gasteiger partial charge in [0.15, 0.2) is 0 Å². The maximum atomic E-state index is 12.0. The van der Waals surface area contributed by atoms with Gasteiger partial charge in [-0.05, 0) is 41.1 Å². The standard InChI is InChI=1S/C12H13BrN4O/c1-7-11(6-17(2)16-7)15-12(18)8-3-4-10(14)9(13)5-8/h3-6H,14H2,1-2H3,(H,15,18). The van der Waals surface area contributed by atoms with E-state index in [-0.39, 0.29) is 5.91 Å². The van der Waals surface area contributed by atoms with E-state index in [1.807, 2.05) is 14.0 Å². The third kappa shape index (κ3) is 2.53. The molecule has 2 rings (SSSR count). The van der Waals surface area contributed by atoms with Crippen molar-refractivity contribution in [1.29, 1.82) is 0 Å². The number of benzene rings is 1. The molecule has 0 radical (unpaired) electrons. The van der Waals surface area contributed by atoms with E-state index < -0.39 is 0 Å². The van der Waals surface area contributed by atoms with E-state index in [4.69, 9.17) is 5.73 Å². The number of nitrogens with one attached hydrogen (secondary N) is 1. The number of anilines is 2. The lowest BCUT2D eigenvalue weighted by Crippen LogP contribution is -2.12. The first-order chi connectivity index (χ1) is 8.47. The summed E-state index contributed by atoms with van der Waals surface area (Å²) >= 11 is 3.30. The van der Waals surface area contributed by atoms with Crippen LogP contribution in [0.1, 0.15) is 16.1 Å². The van der Waals surface area contributed by atoms with Crippen LogP contribution < -0.4 is 11.1 Å². The number of halogens is 1. The van der Waals surface area contributed by atoms with Gasteiger partial charge in [-0.25, -0.2) is 0 Å². The van der Waals surface area contributed by atoms with Crippen LogP contribution in [0, 0.1) is 6.92 Å². The summed E-state index contributed by atoms with van der Waals surface area (Å²) in [6.45, 7) is 1.84. The molecule has 1 amide bonds. The second-order valence-corrected chi connectivity index (χ2v) is 4.85. The second-order valence-electron chi connectivity index (χ2n) is 3.99. The number of amides is 1. The minimum absolute atomic E-state index is 0.188. The number of nitrogens with zero attached hydrogens (tertiary/aromatic N) is 2. The minimum Gasteiger partial charge on any atom is -0.398 e. The van der Waals surface area contributed by atoms with Crippen molar-refractivity contribution < 1.29 is 4.79 Å². The molecule has 0 spiro atoms. The molecule has 1 heterocycles. The molecule has 1 aromatic carbocycles. The summed E-state index contributed by atoms with van der Waals surface area (Å²) in [6, 6.07) is 5.06. The molecule has 0 bridgehead atoms. The normalized spacial score (nSPS) is 10.4. The van der Waals surface area contributed by atoms with Gasteiger partial charge >= 0.3 is 0 Å². The lowest BCUT2D eigenvalue weighted by atomic mass is 10.2. The maximum Gasteiger partial charge on any atom is 0.255 e. The van der Waals surface area contributed by atoms with Crippen LogP contribution in [-0.4, -0.2) is 15.7 Å². The number of carbonyl (C=O) groups excluding carboxylic acids is 1. The number of nitrogens with two attached hydrogens (primary N) is 1. The monoisotopic (exact) mass is 308 g/mol. The Kier molecular flexibility index (Phi) is 3.38. The Morgan fingerprint density at radius 2 is 2.22 bits per heavy atom. The molecule has 0 fully saturated rings. The van der Waals surface area contributed by atoms with Crippen molar-refractivity contribution in [1.82, 2.24) is 9.78 Å². The van der Waals surface area contributed by atoms with Gasteiger partial charge in [-0.2, -0.15) is 5.10 Å². The third-order valence-corrected chi connectivity index (χ3v) is 3.21. The molecular weight excluding hydrogens is 296 g/mol. The Morgan fingerprint density at radius 3 is 2.78 bits per heavy atom. The van der Waals surface area contributed by atoms with Gasteiger partial charge in [0.25, 0.3) is 5.91 Å². The number of nitrogen functional groups attached to an aromatic ring is 1. The summed E-state index contributed by atoms with van der Waals surface area (Å²) in [7, 11) is 1.81. The van der Waals surface area contributed by atoms with E-state index in [2.05, 4.69) is 26.3 Å². The average molecular weight is 309 g/mol. The topological polar surface area (TPSA) is 72.9 Å². The van der Waals surface area contributed by atoms with Gasteiger partial charge in [0.05, 0.1) is 11.4 Å². The highest BCUT2D eigenvalue weighted by Crippen LogP contribution is 2.21. The molecule has 0 saturated carbocycles. The molecule has 2 aromatic rings. The van der Waals surface area contributed by atoms with Crippen LogP contribution in [0.25, 0.3) is 0 Å². The average Bonchev–Trinajstić information content (AvgIpc) is 2.61. The Balaban J connectivity index is 2.22. The van der Waals surface area contributed by atoms with Crippen LogP contribution in [0.4, 0.5) is 11.4 Å². The molecule has 0 aliphatic heterocycles. The number of carbonyl (C=O) groups is 1. The summed E-state index contributed by atoms with van der Waals surface area (Å²) in [5.74, 6) is -0.188. The van der Waals surface area contributed by atoms with Gasteiger partial charge in [0.1, 0.15) is 0 Å². The number of hydrogen-bond donors (Lipinski definition) is 2. The fraction of sp³-hybridized carbons (Fsp3) is 0.167. The van der Waals surface area contributed by atoms with Crippen LogP contribution >= 0.6 is 15.9 Å². The highest BCUT2D eigenvalue weighted by atomic mass is 79.9. The van der Waals surface area contributed by atoms with Crippen molar-refractivity contribution in [3.8, 4) is 0 Å². The zero-order valence-corrected chi connectivity index (χ0v) is 11.7. The predicted molar refractivity (Wildman–Crippen MR) is 74.5 cm³/mol. The van der Waals surface area contributed by atoms with Gasteiger partial charge in [-0.1, -0.05) is 0 Å². The number of hydrogen-bond acceptors (Lipinski definition) is 3. The summed E-state index contributed by atoms with van der Waals surface area (Å²) in [4.78, 5) is 12.0. The molecule has 1 aromatic heterocycles. The fourth-order valence-corrected chi connectivity index (χ4v) is 1.96. The molecule has 18 heavy (non-hydrogen) atoms. The molecule has 5 nitrogen and oxygen atoms in total. The molecule has 0 aliphatic rings. The first-order valence-corrected chi connectivity index (χ1v) is 6.13. The van der Waals surface area contributed by atoms with Crippen molar-refractivity contribution in [3.05, 3.63) is 40.1 Å². The Labute approximate surface area is 113 Å². The van der Waals surface area contributed by atoms with E-state index in [0.717, 1.165) is 5.69 Å². The lowest BCUT2D eigenvalue weighted by molar-refractivity contribution is 0.102. The van der Waals surface area contributed by atoms with Crippen molar-refractivity contribution >= 4 is 33.2 Å². The van der Waals surface area contributed by atoms with Crippen LogP contribution in [0.15, 0.2) is 28.9 Å². The lowest BCUT2D eigenvalue weighted by Gasteiger charge is -2.05. The SMILES string of the molecule is Cc1nn(C)cc1NC(=O)c1ccc(N)c(Br)c1. The fourth-order valence-electron chi connectivity index (χ4n) is 1.59. The number of aryl methyl sites for hydroxylation is 2. The van der Waals surface area contributed by atoms with Crippen molar-refractivity contribution in [3.63, 3.8) is 0 Å². The largest absolute Gasteiger partial charge is 0.398 e. The first-order valence-electron chi connectivity index (χ1n) is 5.34. The van der Waals surface area contributed by atoms with Crippen LogP contribution in [0.5, 0.6) is 0 Å². The maximum absolute atomic E-state index is 12.0. The molecule has 0 unspecified atom stereocenters. The van der Waals surface area contributed by atoms with Crippen molar-refractivity contribution in [2.24, 2.45) is 7.05 Å². The third-order valence-electron chi connectivity index (χ3n) is 2.52. The van der Waals surface area contributed by atoms with Gasteiger partial charge in [-0.15, -0.1) is 0 Å². The van der Waals surface area contributed by atoms with Crippen LogP contribution in [-0.2, 0) is 7.05 Å². The van der Waals surface area contributed by atoms with Gasteiger partial charge in [-0.3, -0.25) is 9.48 Å². The molecule has 94 valence electrons. The predicted octanol–water partition coefficient (Wildman–Crippen LogP) is 2.33. The van der Waals surface area contributed by atoms with E-state index in [0.29, 0.717) is 21.4 Å². The molecule has 6 heteroatoms. The summed E-state index contributed by atoms with van der Waals surface area (Å²) in [5, 5.41) is 6.97. The molecule has 0 atom stereocenters. The molecular formula is C12H13BrN4O. The number of aromatic nitrogens is 2. The van der Waals surface area contributed by atoms with Crippen molar-refractivity contribution in [2.75, 3.05) is 11.1 Å². The zero-order valence-electron chi connectivity index (χ0n) is 10.1. The molecule has 3 N–H and O–H groups in total. The molecule has 0 saturated heterocycles. The summed E-state index contributed by atoms with van der Waals surface area (Å²) in [6.07, 6.45) is 1.76. The molecule has 0 aliphatic carbocycles. The minimum atomic E-state index is -0.188. The summed E-state index contributed by atoms with van der Waals surface area (Å²) in [5.41, 5.74) is 8.30. The second kappa shape index (κ2) is 4.81. The first kappa shape index (κ1) is 12.6. The Morgan fingerprint density at radius 1 is 1.50 bits per heavy atom. The van der Waals surface area contributed by atoms with E-state index >= 15 is 0 Å². The quantitative estimate of drug-likeness (QED) is 0.836. The van der Waals surface area contributed by atoms with E-state index in [1.165, 1.54) is 0 Å². The van der Waals surface area contributed by atoms with Gasteiger partial charge < -0.3 is 11.1 Å². The van der Waals surface area contributed by atoms with E-state index in [9.17, 15) is 4.79 Å². The van der Waals surface area contributed by atoms with Crippen LogP contribution in [0.2, 0.25) is 0 Å². The summed E-state index contributed by atoms with van der Waals surface area (Å²) < 4.78 is 2.36. The zero-order chi connectivity index (χ0) is 13.3. The highest BCUT2D eigenvalue weighted by Gasteiger charge is 2.10. The Bertz CT molecular complexity index is 606. The van der Waals surface area contributed by atoms with Gasteiger partial charge in [0.2, 0.25) is 0 Å². The Hall–Kier alpha value is -1.82. The smallest absolute Gasteiger partial charge is 0.255 e.